The van der Waals surface area contributed by atoms with Crippen LogP contribution in [0.4, 0.5) is 0 Å². The van der Waals surface area contributed by atoms with E-state index in [9.17, 15) is 4.79 Å². The first-order chi connectivity index (χ1) is 4.66. The number of amides is 1. The maximum Gasteiger partial charge on any atom is 0.229 e. The van der Waals surface area contributed by atoms with Crippen LogP contribution >= 0.6 is 11.8 Å². The number of hydrogen-bond acceptors (Lipinski definition) is 3. The van der Waals surface area contributed by atoms with Crippen LogP contribution in [0.2, 0.25) is 0 Å². The lowest BCUT2D eigenvalue weighted by molar-refractivity contribution is -0.118. The third-order valence-corrected chi connectivity index (χ3v) is 2.12. The third kappa shape index (κ3) is 5.91. The molecule has 3 nitrogen and oxygen atoms in total. The number of rotatable bonds is 4. The lowest BCUT2D eigenvalue weighted by Crippen LogP contribution is -2.23. The fraction of sp³-hybridized carbons (Fsp3) is 0.833. The van der Waals surface area contributed by atoms with Gasteiger partial charge in [0.2, 0.25) is 5.91 Å². The van der Waals surface area contributed by atoms with E-state index < -0.39 is 0 Å². The average Bonchev–Trinajstić information content (AvgIpc) is 1.87. The maximum atomic E-state index is 10.6. The van der Waals surface area contributed by atoms with E-state index in [1.807, 2.05) is 6.92 Å². The number of thioether (sulfide) groups is 1. The van der Waals surface area contributed by atoms with Crippen LogP contribution in [-0.4, -0.2) is 30.5 Å². The zero-order valence-corrected chi connectivity index (χ0v) is 7.20. The zero-order chi connectivity index (χ0) is 7.98. The highest BCUT2D eigenvalue weighted by atomic mass is 32.2. The monoisotopic (exact) mass is 162 g/mol. The molecule has 0 fully saturated rings. The Morgan fingerprint density at radius 3 is 2.80 bits per heavy atom. The Kier molecular flexibility index (Phi) is 5.43. The number of nitrogens with two attached hydrogens (primary N) is 1. The quantitative estimate of drug-likeness (QED) is 0.602. The van der Waals surface area contributed by atoms with Crippen molar-refractivity contribution in [2.45, 2.75) is 13.0 Å². The van der Waals surface area contributed by atoms with Crippen molar-refractivity contribution in [3.63, 3.8) is 0 Å². The van der Waals surface area contributed by atoms with Crippen LogP contribution in [0, 0.1) is 0 Å². The molecule has 0 aromatic carbocycles. The topological polar surface area (TPSA) is 55.1 Å². The molecule has 0 aliphatic carbocycles. The number of nitrogens with one attached hydrogen (secondary N) is 1. The van der Waals surface area contributed by atoms with Gasteiger partial charge in [-0.1, -0.05) is 0 Å². The minimum absolute atomic E-state index is 0.0608. The van der Waals surface area contributed by atoms with Crippen molar-refractivity contribution in [1.29, 1.82) is 0 Å². The van der Waals surface area contributed by atoms with Crippen molar-refractivity contribution in [2.75, 3.05) is 18.6 Å². The first-order valence-electron chi connectivity index (χ1n) is 3.20. The highest BCUT2D eigenvalue weighted by Crippen LogP contribution is 1.99. The second kappa shape index (κ2) is 5.56. The van der Waals surface area contributed by atoms with E-state index in [1.54, 1.807) is 18.8 Å². The number of carbonyl (C=O) groups excluding carboxylic acids is 1. The zero-order valence-electron chi connectivity index (χ0n) is 6.39. The van der Waals surface area contributed by atoms with Crippen LogP contribution in [0.3, 0.4) is 0 Å². The molecule has 0 heterocycles. The SMILES string of the molecule is CNC(=O)CSCC(C)N. The van der Waals surface area contributed by atoms with E-state index in [1.165, 1.54) is 0 Å². The van der Waals surface area contributed by atoms with Crippen molar-refractivity contribution in [3.05, 3.63) is 0 Å². The molecule has 0 bridgehead atoms. The third-order valence-electron chi connectivity index (χ3n) is 0.893. The molecule has 60 valence electrons. The van der Waals surface area contributed by atoms with Crippen LogP contribution in [0.5, 0.6) is 0 Å². The van der Waals surface area contributed by atoms with E-state index in [-0.39, 0.29) is 11.9 Å². The Morgan fingerprint density at radius 2 is 2.40 bits per heavy atom. The lowest BCUT2D eigenvalue weighted by atomic mass is 10.4. The van der Waals surface area contributed by atoms with E-state index in [2.05, 4.69) is 5.32 Å². The van der Waals surface area contributed by atoms with Gasteiger partial charge in [0, 0.05) is 18.8 Å². The van der Waals surface area contributed by atoms with Crippen molar-refractivity contribution < 1.29 is 4.79 Å². The minimum Gasteiger partial charge on any atom is -0.358 e. The standard InChI is InChI=1S/C6H14N2OS/c1-5(7)3-10-4-6(9)8-2/h5H,3-4,7H2,1-2H3,(H,8,9). The van der Waals surface area contributed by atoms with Crippen LogP contribution < -0.4 is 11.1 Å². The van der Waals surface area contributed by atoms with Crippen LogP contribution in [0.15, 0.2) is 0 Å². The lowest BCUT2D eigenvalue weighted by Gasteiger charge is -2.02. The summed E-state index contributed by atoms with van der Waals surface area (Å²) in [4.78, 5) is 10.6. The van der Waals surface area contributed by atoms with Gasteiger partial charge in [0.1, 0.15) is 0 Å². The van der Waals surface area contributed by atoms with Gasteiger partial charge in [-0.05, 0) is 6.92 Å². The highest BCUT2D eigenvalue weighted by molar-refractivity contribution is 7.99. The molecule has 0 radical (unpaired) electrons. The molecule has 0 spiro atoms. The summed E-state index contributed by atoms with van der Waals surface area (Å²) < 4.78 is 0. The van der Waals surface area contributed by atoms with Crippen molar-refractivity contribution in [2.24, 2.45) is 5.73 Å². The fourth-order valence-electron chi connectivity index (χ4n) is 0.410. The molecule has 4 heteroatoms. The summed E-state index contributed by atoms with van der Waals surface area (Å²) in [6.07, 6.45) is 0. The van der Waals surface area contributed by atoms with E-state index in [0.717, 1.165) is 5.75 Å². The molecule has 1 unspecified atom stereocenters. The summed E-state index contributed by atoms with van der Waals surface area (Å²) in [5.74, 6) is 1.41. The largest absolute Gasteiger partial charge is 0.358 e. The Labute approximate surface area is 65.7 Å². The first-order valence-corrected chi connectivity index (χ1v) is 4.36. The Balaban J connectivity index is 3.12. The van der Waals surface area contributed by atoms with Gasteiger partial charge in [-0.15, -0.1) is 0 Å². The highest BCUT2D eigenvalue weighted by Gasteiger charge is 1.98. The summed E-state index contributed by atoms with van der Waals surface area (Å²) in [5, 5.41) is 2.54. The normalized spacial score (nSPS) is 12.7. The predicted octanol–water partition coefficient (Wildman–Crippen LogP) is -0.187. The van der Waals surface area contributed by atoms with Gasteiger partial charge < -0.3 is 11.1 Å². The Morgan fingerprint density at radius 1 is 1.80 bits per heavy atom. The molecule has 0 saturated heterocycles. The second-order valence-electron chi connectivity index (χ2n) is 2.17. The predicted molar refractivity (Wildman–Crippen MR) is 45.0 cm³/mol. The molecule has 1 atom stereocenters. The summed E-state index contributed by atoms with van der Waals surface area (Å²) in [6.45, 7) is 1.93. The molecule has 1 amide bonds. The van der Waals surface area contributed by atoms with Gasteiger partial charge in [0.25, 0.3) is 0 Å². The summed E-state index contributed by atoms with van der Waals surface area (Å²) >= 11 is 1.56. The molecule has 0 aromatic rings. The molecule has 0 aliphatic heterocycles. The van der Waals surface area contributed by atoms with Crippen molar-refractivity contribution in [3.8, 4) is 0 Å². The average molecular weight is 162 g/mol. The summed E-state index contributed by atoms with van der Waals surface area (Å²) in [6, 6.07) is 0.176. The van der Waals surface area contributed by atoms with Crippen molar-refractivity contribution >= 4 is 17.7 Å². The minimum atomic E-state index is 0.0608. The smallest absolute Gasteiger partial charge is 0.229 e. The van der Waals surface area contributed by atoms with E-state index in [4.69, 9.17) is 5.73 Å². The van der Waals surface area contributed by atoms with Crippen LogP contribution in [0.1, 0.15) is 6.92 Å². The molecule has 0 saturated carbocycles. The Bertz CT molecular complexity index is 106. The number of hydrogen-bond donors (Lipinski definition) is 2. The van der Waals surface area contributed by atoms with Crippen LogP contribution in [-0.2, 0) is 4.79 Å². The summed E-state index contributed by atoms with van der Waals surface area (Å²) in [7, 11) is 1.63. The maximum absolute atomic E-state index is 10.6. The molecule has 3 N–H and O–H groups in total. The number of carbonyl (C=O) groups is 1. The van der Waals surface area contributed by atoms with Crippen LogP contribution in [0.25, 0.3) is 0 Å². The fourth-order valence-corrected chi connectivity index (χ4v) is 1.23. The Hall–Kier alpha value is -0.220. The molecule has 10 heavy (non-hydrogen) atoms. The first kappa shape index (κ1) is 9.78. The second-order valence-corrected chi connectivity index (χ2v) is 3.20. The van der Waals surface area contributed by atoms with Gasteiger partial charge in [-0.25, -0.2) is 0 Å². The molecular weight excluding hydrogens is 148 g/mol. The summed E-state index contributed by atoms with van der Waals surface area (Å²) in [5.41, 5.74) is 5.47. The molecule has 0 aromatic heterocycles. The van der Waals surface area contributed by atoms with E-state index >= 15 is 0 Å². The van der Waals surface area contributed by atoms with Gasteiger partial charge in [-0.2, -0.15) is 11.8 Å². The van der Waals surface area contributed by atoms with Gasteiger partial charge in [-0.3, -0.25) is 4.79 Å². The van der Waals surface area contributed by atoms with Gasteiger partial charge in [0.05, 0.1) is 5.75 Å². The molecule has 0 aliphatic rings. The van der Waals surface area contributed by atoms with E-state index in [0.29, 0.717) is 5.75 Å². The van der Waals surface area contributed by atoms with Gasteiger partial charge >= 0.3 is 0 Å². The molecular formula is C6H14N2OS. The van der Waals surface area contributed by atoms with Crippen molar-refractivity contribution in [1.82, 2.24) is 5.32 Å². The molecule has 0 rings (SSSR count). The van der Waals surface area contributed by atoms with Gasteiger partial charge in [0.15, 0.2) is 0 Å².